The van der Waals surface area contributed by atoms with Crippen LogP contribution in [0.15, 0.2) is 237 Å². The van der Waals surface area contributed by atoms with E-state index in [1.807, 2.05) is 0 Å². The number of benzene rings is 10. The Balaban J connectivity index is 1.19. The summed E-state index contributed by atoms with van der Waals surface area (Å²) < 4.78 is 0. The molecule has 0 aliphatic carbocycles. The van der Waals surface area contributed by atoms with Gasteiger partial charge in [-0.3, -0.25) is 0 Å². The second-order valence-electron chi connectivity index (χ2n) is 14.5. The first-order chi connectivity index (χ1) is 28.3. The summed E-state index contributed by atoms with van der Waals surface area (Å²) in [6, 6.07) is 85.8. The third-order valence-corrected chi connectivity index (χ3v) is 11.1. The predicted molar refractivity (Wildman–Crippen MR) is 243 cm³/mol. The summed E-state index contributed by atoms with van der Waals surface area (Å²) in [6.45, 7) is 0. The smallest absolute Gasteiger partial charge is 0.0540 e. The zero-order valence-electron chi connectivity index (χ0n) is 31.5. The molecule has 57 heavy (non-hydrogen) atoms. The maximum absolute atomic E-state index is 2.44. The van der Waals surface area contributed by atoms with Crippen LogP contribution in [0.25, 0.3) is 77.2 Å². The molecule has 0 fully saturated rings. The average Bonchev–Trinajstić information content (AvgIpc) is 3.29. The quantitative estimate of drug-likeness (QED) is 0.151. The van der Waals surface area contributed by atoms with E-state index < -0.39 is 0 Å². The van der Waals surface area contributed by atoms with Crippen LogP contribution in [0.2, 0.25) is 0 Å². The molecule has 0 spiro atoms. The number of fused-ring (bicyclic) bond motifs is 2. The van der Waals surface area contributed by atoms with E-state index in [4.69, 9.17) is 0 Å². The van der Waals surface area contributed by atoms with Crippen molar-refractivity contribution in [2.75, 3.05) is 4.90 Å². The molecule has 1 nitrogen and oxygen atoms in total. The zero-order valence-corrected chi connectivity index (χ0v) is 31.5. The summed E-state index contributed by atoms with van der Waals surface area (Å²) in [5, 5.41) is 4.90. The summed E-state index contributed by atoms with van der Waals surface area (Å²) in [5.74, 6) is 0. The highest BCUT2D eigenvalue weighted by Gasteiger charge is 2.21. The van der Waals surface area contributed by atoms with Crippen LogP contribution in [0, 0.1) is 0 Å². The molecule has 0 aliphatic rings. The highest BCUT2D eigenvalue weighted by Crippen LogP contribution is 2.47. The molecule has 10 aromatic rings. The molecule has 268 valence electrons. The molecule has 0 heterocycles. The molecule has 0 saturated carbocycles. The molecule has 10 rings (SSSR count). The minimum atomic E-state index is 1.09. The van der Waals surface area contributed by atoms with Gasteiger partial charge < -0.3 is 4.90 Å². The fourth-order valence-corrected chi connectivity index (χ4v) is 8.33. The van der Waals surface area contributed by atoms with E-state index >= 15 is 0 Å². The van der Waals surface area contributed by atoms with Gasteiger partial charge in [-0.05, 0) is 108 Å². The van der Waals surface area contributed by atoms with Gasteiger partial charge in [0, 0.05) is 16.9 Å². The van der Waals surface area contributed by atoms with Gasteiger partial charge in [-0.15, -0.1) is 0 Å². The molecule has 0 aliphatic heterocycles. The first-order valence-corrected chi connectivity index (χ1v) is 19.6. The first kappa shape index (κ1) is 34.0. The third kappa shape index (κ3) is 6.56. The van der Waals surface area contributed by atoms with E-state index in [0.717, 1.165) is 22.6 Å². The van der Waals surface area contributed by atoms with Gasteiger partial charge in [0.05, 0.1) is 5.69 Å². The van der Waals surface area contributed by atoms with Gasteiger partial charge >= 0.3 is 0 Å². The van der Waals surface area contributed by atoms with Gasteiger partial charge in [-0.2, -0.15) is 0 Å². The Morgan fingerprint density at radius 3 is 1.60 bits per heavy atom. The molecule has 0 N–H and O–H groups in total. The number of para-hydroxylation sites is 1. The molecule has 1 heteroatoms. The molecule has 0 aromatic heterocycles. The Bertz CT molecular complexity index is 3010. The van der Waals surface area contributed by atoms with Crippen LogP contribution < -0.4 is 4.90 Å². The normalized spacial score (nSPS) is 11.2. The van der Waals surface area contributed by atoms with Crippen molar-refractivity contribution in [3.05, 3.63) is 237 Å². The van der Waals surface area contributed by atoms with Gasteiger partial charge in [0.1, 0.15) is 0 Å². The van der Waals surface area contributed by atoms with Gasteiger partial charge in [0.25, 0.3) is 0 Å². The van der Waals surface area contributed by atoms with Crippen LogP contribution in [-0.2, 0) is 0 Å². The van der Waals surface area contributed by atoms with Crippen molar-refractivity contribution in [3.63, 3.8) is 0 Å². The van der Waals surface area contributed by atoms with Crippen molar-refractivity contribution in [2.45, 2.75) is 0 Å². The number of hydrogen-bond donors (Lipinski definition) is 0. The SMILES string of the molecule is c1ccc(-c2ccc(-c3ccccc3)c(-c3ccccc3-c3ccccc3N(c3cccc(-c4cccc5ccccc45)c3)c3ccc4ccccc4c3)c2)cc1. The molecule has 0 atom stereocenters. The molecule has 0 radical (unpaired) electrons. The van der Waals surface area contributed by atoms with E-state index in [2.05, 4.69) is 241 Å². The summed E-state index contributed by atoms with van der Waals surface area (Å²) in [4.78, 5) is 2.44. The Labute approximate surface area is 334 Å². The van der Waals surface area contributed by atoms with Gasteiger partial charge in [0.15, 0.2) is 0 Å². The molecular formula is C56H39N. The maximum atomic E-state index is 2.44. The minimum Gasteiger partial charge on any atom is -0.310 e. The average molecular weight is 726 g/mol. The number of rotatable bonds is 8. The molecular weight excluding hydrogens is 687 g/mol. The van der Waals surface area contributed by atoms with E-state index in [1.54, 1.807) is 0 Å². The van der Waals surface area contributed by atoms with Crippen LogP contribution in [0.5, 0.6) is 0 Å². The summed E-state index contributed by atoms with van der Waals surface area (Å²) in [7, 11) is 0. The lowest BCUT2D eigenvalue weighted by atomic mass is 9.87. The number of hydrogen-bond acceptors (Lipinski definition) is 1. The van der Waals surface area contributed by atoms with Gasteiger partial charge in [-0.1, -0.05) is 200 Å². The Hall–Kier alpha value is -7.48. The second kappa shape index (κ2) is 15.0. The monoisotopic (exact) mass is 725 g/mol. The Morgan fingerprint density at radius 1 is 0.228 bits per heavy atom. The minimum absolute atomic E-state index is 1.09. The van der Waals surface area contributed by atoms with Gasteiger partial charge in [0.2, 0.25) is 0 Å². The number of anilines is 3. The lowest BCUT2D eigenvalue weighted by Crippen LogP contribution is -2.11. The van der Waals surface area contributed by atoms with E-state index in [0.29, 0.717) is 0 Å². The van der Waals surface area contributed by atoms with E-state index in [1.165, 1.54) is 71.6 Å². The second-order valence-corrected chi connectivity index (χ2v) is 14.5. The maximum Gasteiger partial charge on any atom is 0.0540 e. The molecule has 0 saturated heterocycles. The Kier molecular flexibility index (Phi) is 8.95. The largest absolute Gasteiger partial charge is 0.310 e. The van der Waals surface area contributed by atoms with Crippen molar-refractivity contribution in [2.24, 2.45) is 0 Å². The topological polar surface area (TPSA) is 3.24 Å². The fraction of sp³-hybridized carbons (Fsp3) is 0. The number of nitrogens with zero attached hydrogens (tertiary/aromatic N) is 1. The van der Waals surface area contributed by atoms with Crippen molar-refractivity contribution in [1.29, 1.82) is 0 Å². The van der Waals surface area contributed by atoms with Crippen LogP contribution in [0.3, 0.4) is 0 Å². The standard InChI is InChI=1S/C56H39N/c1-3-17-40(18-4-1)45-34-36-51(42-20-5-2-6-21-42)55(39-45)53-29-12-11-28-52(53)54-30-13-14-32-56(54)57(48-35-33-41-19-7-8-23-44(41)37-48)47-26-15-25-46(38-47)50-31-16-24-43-22-9-10-27-49(43)50/h1-39H. The van der Waals surface area contributed by atoms with Crippen LogP contribution in [0.1, 0.15) is 0 Å². The van der Waals surface area contributed by atoms with E-state index in [9.17, 15) is 0 Å². The zero-order chi connectivity index (χ0) is 38.0. The van der Waals surface area contributed by atoms with Crippen molar-refractivity contribution >= 4 is 38.6 Å². The van der Waals surface area contributed by atoms with Crippen LogP contribution in [-0.4, -0.2) is 0 Å². The summed E-state index contributed by atoms with van der Waals surface area (Å²) in [6.07, 6.45) is 0. The summed E-state index contributed by atoms with van der Waals surface area (Å²) in [5.41, 5.74) is 15.2. The molecule has 0 unspecified atom stereocenters. The first-order valence-electron chi connectivity index (χ1n) is 19.6. The summed E-state index contributed by atoms with van der Waals surface area (Å²) >= 11 is 0. The van der Waals surface area contributed by atoms with Crippen LogP contribution >= 0.6 is 0 Å². The van der Waals surface area contributed by atoms with E-state index in [-0.39, 0.29) is 0 Å². The molecule has 10 aromatic carbocycles. The van der Waals surface area contributed by atoms with Crippen LogP contribution in [0.4, 0.5) is 17.1 Å². The fourth-order valence-electron chi connectivity index (χ4n) is 8.33. The van der Waals surface area contributed by atoms with Crippen molar-refractivity contribution in [3.8, 4) is 55.6 Å². The molecule has 0 amide bonds. The van der Waals surface area contributed by atoms with Crippen molar-refractivity contribution < 1.29 is 0 Å². The highest BCUT2D eigenvalue weighted by molar-refractivity contribution is 6.01. The highest BCUT2D eigenvalue weighted by atomic mass is 15.1. The lowest BCUT2D eigenvalue weighted by molar-refractivity contribution is 1.29. The predicted octanol–water partition coefficient (Wildman–Crippen LogP) is 15.8. The third-order valence-electron chi connectivity index (χ3n) is 11.1. The molecule has 0 bridgehead atoms. The lowest BCUT2D eigenvalue weighted by Gasteiger charge is -2.29. The van der Waals surface area contributed by atoms with Crippen molar-refractivity contribution in [1.82, 2.24) is 0 Å². The Morgan fingerprint density at radius 2 is 0.789 bits per heavy atom. The van der Waals surface area contributed by atoms with Gasteiger partial charge in [-0.25, -0.2) is 0 Å².